The molecule has 1 atom stereocenters. The number of likely N-dealkylation sites (tertiary alicyclic amines) is 1. The van der Waals surface area contributed by atoms with E-state index in [1.54, 1.807) is 24.0 Å². The topological polar surface area (TPSA) is 86.3 Å². The van der Waals surface area contributed by atoms with Crippen LogP contribution < -0.4 is 0 Å². The SMILES string of the molecule is Cn1nccc1C(=O)N1CCC(c2nc(C3CCOCC3)no2)C1. The average molecular weight is 331 g/mol. The molecule has 0 aromatic carbocycles. The van der Waals surface area contributed by atoms with Crippen LogP contribution in [0.2, 0.25) is 0 Å². The second-order valence-electron chi connectivity index (χ2n) is 6.45. The van der Waals surface area contributed by atoms with Crippen molar-refractivity contribution in [2.75, 3.05) is 26.3 Å². The molecule has 0 bridgehead atoms. The Labute approximate surface area is 139 Å². The summed E-state index contributed by atoms with van der Waals surface area (Å²) in [5, 5.41) is 8.22. The van der Waals surface area contributed by atoms with E-state index >= 15 is 0 Å². The van der Waals surface area contributed by atoms with E-state index in [0.717, 1.165) is 38.3 Å². The molecule has 0 spiro atoms. The van der Waals surface area contributed by atoms with Crippen LogP contribution in [0.15, 0.2) is 16.8 Å². The number of hydrogen-bond acceptors (Lipinski definition) is 6. The molecule has 1 unspecified atom stereocenters. The number of nitrogens with zero attached hydrogens (tertiary/aromatic N) is 5. The minimum Gasteiger partial charge on any atom is -0.381 e. The molecule has 2 aromatic heterocycles. The Hall–Kier alpha value is -2.22. The van der Waals surface area contributed by atoms with Crippen molar-refractivity contribution in [3.63, 3.8) is 0 Å². The molecule has 1 amide bonds. The molecule has 8 heteroatoms. The van der Waals surface area contributed by atoms with Crippen LogP contribution in [0.3, 0.4) is 0 Å². The lowest BCUT2D eigenvalue weighted by Crippen LogP contribution is -2.30. The Balaban J connectivity index is 1.42. The first-order valence-corrected chi connectivity index (χ1v) is 8.41. The third kappa shape index (κ3) is 2.82. The molecule has 2 saturated heterocycles. The zero-order valence-electron chi connectivity index (χ0n) is 13.7. The fourth-order valence-corrected chi connectivity index (χ4v) is 3.43. The van der Waals surface area contributed by atoms with Gasteiger partial charge in [-0.15, -0.1) is 0 Å². The van der Waals surface area contributed by atoms with Gasteiger partial charge in [-0.3, -0.25) is 9.48 Å². The van der Waals surface area contributed by atoms with Crippen molar-refractivity contribution in [1.29, 1.82) is 0 Å². The van der Waals surface area contributed by atoms with E-state index in [-0.39, 0.29) is 11.8 Å². The molecule has 24 heavy (non-hydrogen) atoms. The molecule has 0 saturated carbocycles. The second-order valence-corrected chi connectivity index (χ2v) is 6.45. The highest BCUT2D eigenvalue weighted by molar-refractivity contribution is 5.92. The summed E-state index contributed by atoms with van der Waals surface area (Å²) in [6.45, 7) is 2.82. The minimum absolute atomic E-state index is 0.00154. The van der Waals surface area contributed by atoms with Crippen molar-refractivity contribution in [3.8, 4) is 0 Å². The summed E-state index contributed by atoms with van der Waals surface area (Å²) >= 11 is 0. The molecule has 0 N–H and O–H groups in total. The maximum atomic E-state index is 12.5. The average Bonchev–Trinajstić information content (AvgIpc) is 3.35. The highest BCUT2D eigenvalue weighted by Gasteiger charge is 2.33. The highest BCUT2D eigenvalue weighted by atomic mass is 16.5. The number of aryl methyl sites for hydroxylation is 1. The zero-order valence-corrected chi connectivity index (χ0v) is 13.7. The largest absolute Gasteiger partial charge is 0.381 e. The van der Waals surface area contributed by atoms with Crippen LogP contribution in [0.5, 0.6) is 0 Å². The van der Waals surface area contributed by atoms with Gasteiger partial charge in [-0.1, -0.05) is 5.16 Å². The van der Waals surface area contributed by atoms with Crippen LogP contribution in [-0.4, -0.2) is 57.0 Å². The van der Waals surface area contributed by atoms with Gasteiger partial charge in [-0.2, -0.15) is 10.1 Å². The number of hydrogen-bond donors (Lipinski definition) is 0. The van der Waals surface area contributed by atoms with E-state index in [0.29, 0.717) is 30.6 Å². The number of rotatable bonds is 3. The van der Waals surface area contributed by atoms with E-state index in [1.807, 2.05) is 4.90 Å². The maximum Gasteiger partial charge on any atom is 0.272 e. The van der Waals surface area contributed by atoms with Gasteiger partial charge in [0.2, 0.25) is 5.89 Å². The first kappa shape index (κ1) is 15.3. The van der Waals surface area contributed by atoms with Gasteiger partial charge in [-0.25, -0.2) is 0 Å². The van der Waals surface area contributed by atoms with Crippen molar-refractivity contribution in [3.05, 3.63) is 29.7 Å². The molecule has 128 valence electrons. The lowest BCUT2D eigenvalue weighted by Gasteiger charge is -2.18. The van der Waals surface area contributed by atoms with Crippen molar-refractivity contribution in [2.24, 2.45) is 7.05 Å². The number of aromatic nitrogens is 4. The zero-order chi connectivity index (χ0) is 16.5. The molecule has 4 heterocycles. The molecule has 8 nitrogen and oxygen atoms in total. The molecule has 2 fully saturated rings. The summed E-state index contributed by atoms with van der Waals surface area (Å²) in [6.07, 6.45) is 4.36. The molecule has 2 aromatic rings. The van der Waals surface area contributed by atoms with Gasteiger partial charge < -0.3 is 14.2 Å². The van der Waals surface area contributed by atoms with Crippen LogP contribution in [0, 0.1) is 0 Å². The molecule has 4 rings (SSSR count). The van der Waals surface area contributed by atoms with Gasteiger partial charge in [0.25, 0.3) is 5.91 Å². The standard InChI is InChI=1S/C16H21N5O3/c1-20-13(2-6-17-20)16(22)21-7-3-12(10-21)15-18-14(19-24-15)11-4-8-23-9-5-11/h2,6,11-12H,3-5,7-10H2,1H3. The summed E-state index contributed by atoms with van der Waals surface area (Å²) in [4.78, 5) is 19.0. The van der Waals surface area contributed by atoms with Crippen LogP contribution in [0.4, 0.5) is 0 Å². The van der Waals surface area contributed by atoms with Gasteiger partial charge >= 0.3 is 0 Å². The van der Waals surface area contributed by atoms with Crippen LogP contribution in [0.25, 0.3) is 0 Å². The number of ether oxygens (including phenoxy) is 1. The third-order valence-corrected chi connectivity index (χ3v) is 4.91. The first-order valence-electron chi connectivity index (χ1n) is 8.41. The fourth-order valence-electron chi connectivity index (χ4n) is 3.43. The summed E-state index contributed by atoms with van der Waals surface area (Å²) in [5.41, 5.74) is 0.601. The number of amides is 1. The molecule has 2 aliphatic rings. The Morgan fingerprint density at radius 3 is 2.83 bits per heavy atom. The Kier molecular flexibility index (Phi) is 4.05. The Morgan fingerprint density at radius 2 is 2.08 bits per heavy atom. The molecular weight excluding hydrogens is 310 g/mol. The molecular formula is C16H21N5O3. The van der Waals surface area contributed by atoms with E-state index in [9.17, 15) is 4.79 Å². The van der Waals surface area contributed by atoms with Crippen molar-refractivity contribution in [1.82, 2.24) is 24.8 Å². The minimum atomic E-state index is 0.00154. The van der Waals surface area contributed by atoms with Gasteiger partial charge in [0.15, 0.2) is 5.82 Å². The van der Waals surface area contributed by atoms with Gasteiger partial charge in [0, 0.05) is 45.5 Å². The predicted octanol–water partition coefficient (Wildman–Crippen LogP) is 1.33. The van der Waals surface area contributed by atoms with Gasteiger partial charge in [-0.05, 0) is 25.3 Å². The lowest BCUT2D eigenvalue weighted by molar-refractivity contribution is 0.0778. The van der Waals surface area contributed by atoms with Crippen LogP contribution in [-0.2, 0) is 11.8 Å². The normalized spacial score (nSPS) is 22.2. The predicted molar refractivity (Wildman–Crippen MR) is 83.6 cm³/mol. The Morgan fingerprint density at radius 1 is 1.25 bits per heavy atom. The van der Waals surface area contributed by atoms with Crippen molar-refractivity contribution < 1.29 is 14.1 Å². The second kappa shape index (κ2) is 6.35. The lowest BCUT2D eigenvalue weighted by atomic mass is 10.00. The smallest absolute Gasteiger partial charge is 0.272 e. The van der Waals surface area contributed by atoms with E-state index in [4.69, 9.17) is 9.26 Å². The monoisotopic (exact) mass is 331 g/mol. The number of carbonyl (C=O) groups is 1. The third-order valence-electron chi connectivity index (χ3n) is 4.91. The number of carbonyl (C=O) groups excluding carboxylic acids is 1. The Bertz CT molecular complexity index is 719. The van der Waals surface area contributed by atoms with Crippen molar-refractivity contribution >= 4 is 5.91 Å². The van der Waals surface area contributed by atoms with Crippen molar-refractivity contribution in [2.45, 2.75) is 31.1 Å². The molecule has 2 aliphatic heterocycles. The van der Waals surface area contributed by atoms with E-state index in [1.165, 1.54) is 0 Å². The quantitative estimate of drug-likeness (QED) is 0.843. The van der Waals surface area contributed by atoms with Crippen LogP contribution in [0.1, 0.15) is 53.3 Å². The fraction of sp³-hybridized carbons (Fsp3) is 0.625. The van der Waals surface area contributed by atoms with E-state index in [2.05, 4.69) is 15.2 Å². The summed E-state index contributed by atoms with van der Waals surface area (Å²) in [7, 11) is 1.78. The summed E-state index contributed by atoms with van der Waals surface area (Å²) in [6, 6.07) is 1.74. The highest BCUT2D eigenvalue weighted by Crippen LogP contribution is 2.30. The summed E-state index contributed by atoms with van der Waals surface area (Å²) < 4.78 is 12.5. The summed E-state index contributed by atoms with van der Waals surface area (Å²) in [5.74, 6) is 1.87. The van der Waals surface area contributed by atoms with Gasteiger partial charge in [0.05, 0.1) is 5.92 Å². The first-order chi connectivity index (χ1) is 11.7. The molecule has 0 radical (unpaired) electrons. The van der Waals surface area contributed by atoms with Crippen LogP contribution >= 0.6 is 0 Å². The van der Waals surface area contributed by atoms with Gasteiger partial charge in [0.1, 0.15) is 5.69 Å². The maximum absolute atomic E-state index is 12.5. The molecule has 0 aliphatic carbocycles. The van der Waals surface area contributed by atoms with E-state index < -0.39 is 0 Å².